The van der Waals surface area contributed by atoms with Crippen LogP contribution in [0.1, 0.15) is 12.0 Å². The minimum Gasteiger partial charge on any atom is -0.485 e. The fourth-order valence-electron chi connectivity index (χ4n) is 8.19. The Hall–Kier alpha value is -4.34. The normalized spacial score (nSPS) is 31.2. The SMILES string of the molecule is C1=CC2Oc3ccccc3C3(C4=CC=C(n5c6ccccc6c6ccccc65)CC4OC4C=CC=CC43)C2C=C1. The van der Waals surface area contributed by atoms with Gasteiger partial charge in [0.2, 0.25) is 0 Å². The van der Waals surface area contributed by atoms with Crippen LogP contribution in [0.5, 0.6) is 5.75 Å². The number of benzene rings is 3. The molecule has 0 radical (unpaired) electrons. The van der Waals surface area contributed by atoms with Gasteiger partial charge in [-0.05, 0) is 35.9 Å². The smallest absolute Gasteiger partial charge is 0.125 e. The van der Waals surface area contributed by atoms with Crippen molar-refractivity contribution >= 4 is 27.5 Å². The third-order valence-electron chi connectivity index (χ3n) is 9.68. The Balaban J connectivity index is 1.31. The molecule has 0 bridgehead atoms. The van der Waals surface area contributed by atoms with E-state index in [1.165, 1.54) is 38.6 Å². The molecule has 5 aliphatic rings. The quantitative estimate of drug-likeness (QED) is 0.255. The predicted molar refractivity (Wildman–Crippen MR) is 161 cm³/mol. The van der Waals surface area contributed by atoms with Gasteiger partial charge in [0, 0.05) is 45.7 Å². The molecule has 0 N–H and O–H groups in total. The maximum atomic E-state index is 7.03. The summed E-state index contributed by atoms with van der Waals surface area (Å²) in [6.45, 7) is 0. The first-order valence-corrected chi connectivity index (χ1v) is 14.4. The molecule has 1 aromatic heterocycles. The van der Waals surface area contributed by atoms with Crippen molar-refractivity contribution in [3.8, 4) is 5.75 Å². The molecule has 6 atom stereocenters. The van der Waals surface area contributed by atoms with Gasteiger partial charge in [0.05, 0.1) is 23.2 Å². The van der Waals surface area contributed by atoms with Crippen LogP contribution in [0, 0.1) is 11.8 Å². The maximum absolute atomic E-state index is 7.03. The molecule has 194 valence electrons. The molecule has 0 saturated carbocycles. The van der Waals surface area contributed by atoms with Crippen molar-refractivity contribution in [2.75, 3.05) is 0 Å². The second-order valence-electron chi connectivity index (χ2n) is 11.5. The van der Waals surface area contributed by atoms with E-state index in [0.29, 0.717) is 0 Å². The number of hydrogen-bond acceptors (Lipinski definition) is 2. The molecule has 3 aliphatic carbocycles. The Morgan fingerprint density at radius 2 is 1.27 bits per heavy atom. The Labute approximate surface area is 233 Å². The van der Waals surface area contributed by atoms with Crippen molar-refractivity contribution in [2.24, 2.45) is 11.8 Å². The molecule has 1 fully saturated rings. The lowest BCUT2D eigenvalue weighted by molar-refractivity contribution is -0.0674. The van der Waals surface area contributed by atoms with Crippen LogP contribution in [0.2, 0.25) is 0 Å². The Kier molecular flexibility index (Phi) is 4.68. The van der Waals surface area contributed by atoms with E-state index in [-0.39, 0.29) is 35.6 Å². The molecule has 3 heterocycles. The summed E-state index contributed by atoms with van der Waals surface area (Å²) in [7, 11) is 0. The second kappa shape index (κ2) is 8.33. The third kappa shape index (κ3) is 2.88. The maximum Gasteiger partial charge on any atom is 0.125 e. The molecule has 9 rings (SSSR count). The topological polar surface area (TPSA) is 23.4 Å². The highest BCUT2D eigenvalue weighted by molar-refractivity contribution is 6.10. The summed E-state index contributed by atoms with van der Waals surface area (Å²) in [5.74, 6) is 1.35. The second-order valence-corrected chi connectivity index (χ2v) is 11.5. The molecule has 3 heteroatoms. The molecule has 1 spiro atoms. The van der Waals surface area contributed by atoms with Crippen molar-refractivity contribution in [1.82, 2.24) is 4.57 Å². The molecule has 40 heavy (non-hydrogen) atoms. The summed E-state index contributed by atoms with van der Waals surface area (Å²) in [6.07, 6.45) is 23.4. The van der Waals surface area contributed by atoms with Gasteiger partial charge in [-0.3, -0.25) is 0 Å². The number of nitrogens with zero attached hydrogens (tertiary/aromatic N) is 1. The number of ether oxygens (including phenoxy) is 2. The molecule has 3 aromatic carbocycles. The lowest BCUT2D eigenvalue weighted by Crippen LogP contribution is -2.61. The summed E-state index contributed by atoms with van der Waals surface area (Å²) >= 11 is 0. The van der Waals surface area contributed by atoms with Gasteiger partial charge in [-0.1, -0.05) is 103 Å². The molecular weight excluding hydrogens is 490 g/mol. The Bertz CT molecular complexity index is 1830. The fraction of sp³-hybridized carbons (Fsp3) is 0.189. The molecule has 0 amide bonds. The lowest BCUT2D eigenvalue weighted by Gasteiger charge is -2.59. The molecule has 1 saturated heterocycles. The van der Waals surface area contributed by atoms with E-state index in [2.05, 4.69) is 138 Å². The number of fused-ring (bicyclic) bond motifs is 11. The fourth-order valence-corrected chi connectivity index (χ4v) is 8.19. The molecule has 6 unspecified atom stereocenters. The van der Waals surface area contributed by atoms with Crippen LogP contribution in [0.3, 0.4) is 0 Å². The molecular formula is C37H29NO2. The summed E-state index contributed by atoms with van der Waals surface area (Å²) in [4.78, 5) is 0. The lowest BCUT2D eigenvalue weighted by atomic mass is 9.51. The van der Waals surface area contributed by atoms with Crippen LogP contribution < -0.4 is 4.74 Å². The van der Waals surface area contributed by atoms with E-state index in [0.717, 1.165) is 12.2 Å². The van der Waals surface area contributed by atoms with Crippen LogP contribution in [-0.2, 0) is 10.2 Å². The van der Waals surface area contributed by atoms with Gasteiger partial charge in [0.15, 0.2) is 0 Å². The van der Waals surface area contributed by atoms with Gasteiger partial charge < -0.3 is 14.0 Å². The van der Waals surface area contributed by atoms with Crippen LogP contribution in [0.4, 0.5) is 0 Å². The number of rotatable bonds is 1. The van der Waals surface area contributed by atoms with Gasteiger partial charge in [0.25, 0.3) is 0 Å². The molecule has 2 aliphatic heterocycles. The van der Waals surface area contributed by atoms with Crippen molar-refractivity contribution in [3.63, 3.8) is 0 Å². The summed E-state index contributed by atoms with van der Waals surface area (Å²) in [6, 6.07) is 26.2. The zero-order valence-corrected chi connectivity index (χ0v) is 22.1. The Morgan fingerprint density at radius 1 is 0.650 bits per heavy atom. The first kappa shape index (κ1) is 22.5. The minimum absolute atomic E-state index is 0.00392. The highest BCUT2D eigenvalue weighted by Gasteiger charge is 2.61. The number of para-hydroxylation sites is 3. The van der Waals surface area contributed by atoms with Gasteiger partial charge in [-0.2, -0.15) is 0 Å². The van der Waals surface area contributed by atoms with E-state index in [9.17, 15) is 0 Å². The van der Waals surface area contributed by atoms with E-state index in [4.69, 9.17) is 9.47 Å². The van der Waals surface area contributed by atoms with Crippen molar-refractivity contribution in [2.45, 2.75) is 30.1 Å². The third-order valence-corrected chi connectivity index (χ3v) is 9.68. The standard InChI is InChI=1S/C37H29NO2/c1-6-16-31-25(11-1)26-12-2-7-17-32(26)38(31)24-21-22-30-36(23-24)40-35-20-10-5-15-29(35)37(30)27-13-3-8-18-33(27)39-34-19-9-4-14-28(34)37/h1-22,27,29,33,35-36H,23H2. The molecule has 3 nitrogen and oxygen atoms in total. The van der Waals surface area contributed by atoms with Crippen LogP contribution in [0.25, 0.3) is 27.5 Å². The summed E-state index contributed by atoms with van der Waals surface area (Å²) in [5.41, 5.74) is 6.13. The monoisotopic (exact) mass is 519 g/mol. The zero-order valence-electron chi connectivity index (χ0n) is 22.1. The van der Waals surface area contributed by atoms with Gasteiger partial charge >= 0.3 is 0 Å². The van der Waals surface area contributed by atoms with Crippen LogP contribution in [-0.4, -0.2) is 22.9 Å². The van der Waals surface area contributed by atoms with Crippen molar-refractivity contribution < 1.29 is 9.47 Å². The first-order chi connectivity index (χ1) is 19.8. The first-order valence-electron chi connectivity index (χ1n) is 14.4. The van der Waals surface area contributed by atoms with Gasteiger partial charge in [-0.25, -0.2) is 0 Å². The Morgan fingerprint density at radius 3 is 2.05 bits per heavy atom. The van der Waals surface area contributed by atoms with Crippen LogP contribution in [0.15, 0.2) is 139 Å². The number of hydrogen-bond donors (Lipinski definition) is 0. The predicted octanol–water partition coefficient (Wildman–Crippen LogP) is 7.92. The number of allylic oxidation sites excluding steroid dienone is 6. The highest BCUT2D eigenvalue weighted by Crippen LogP contribution is 2.61. The molecule has 4 aromatic rings. The summed E-state index contributed by atoms with van der Waals surface area (Å²) in [5, 5.41) is 2.58. The summed E-state index contributed by atoms with van der Waals surface area (Å²) < 4.78 is 16.1. The van der Waals surface area contributed by atoms with Crippen molar-refractivity contribution in [3.05, 3.63) is 145 Å². The van der Waals surface area contributed by atoms with E-state index in [1.807, 2.05) is 0 Å². The average Bonchev–Trinajstić information content (AvgIpc) is 3.35. The number of aromatic nitrogens is 1. The zero-order chi connectivity index (χ0) is 26.3. The van der Waals surface area contributed by atoms with Gasteiger partial charge in [0.1, 0.15) is 11.9 Å². The minimum atomic E-state index is -0.265. The van der Waals surface area contributed by atoms with E-state index in [1.54, 1.807) is 0 Å². The average molecular weight is 520 g/mol. The van der Waals surface area contributed by atoms with E-state index < -0.39 is 0 Å². The largest absolute Gasteiger partial charge is 0.485 e. The van der Waals surface area contributed by atoms with Crippen molar-refractivity contribution in [1.29, 1.82) is 0 Å². The van der Waals surface area contributed by atoms with E-state index >= 15 is 0 Å². The van der Waals surface area contributed by atoms with Gasteiger partial charge in [-0.15, -0.1) is 0 Å². The van der Waals surface area contributed by atoms with Crippen LogP contribution >= 0.6 is 0 Å². The highest BCUT2D eigenvalue weighted by atomic mass is 16.5.